The lowest BCUT2D eigenvalue weighted by atomic mass is 10.1. The van der Waals surface area contributed by atoms with E-state index in [0.29, 0.717) is 17.8 Å². The minimum atomic E-state index is -0.418. The minimum Gasteiger partial charge on any atom is -0.389 e. The van der Waals surface area contributed by atoms with E-state index in [1.807, 2.05) is 6.92 Å². The van der Waals surface area contributed by atoms with Crippen molar-refractivity contribution < 1.29 is 9.18 Å². The molecule has 0 spiro atoms. The van der Waals surface area contributed by atoms with E-state index in [4.69, 9.17) is 18.0 Å². The van der Waals surface area contributed by atoms with Gasteiger partial charge in [0.05, 0.1) is 6.54 Å². The average molecular weight is 269 g/mol. The van der Waals surface area contributed by atoms with Crippen molar-refractivity contribution in [2.45, 2.75) is 13.3 Å². The maximum absolute atomic E-state index is 13.1. The first-order valence-electron chi connectivity index (χ1n) is 5.64. The number of hydrogen-bond acceptors (Lipinski definition) is 3. The molecule has 1 aromatic carbocycles. The number of halogens is 1. The Kier molecular flexibility index (Phi) is 5.51. The van der Waals surface area contributed by atoms with Crippen LogP contribution in [0.3, 0.4) is 0 Å². The number of nitrogens with one attached hydrogen (secondary N) is 2. The summed E-state index contributed by atoms with van der Waals surface area (Å²) in [6, 6.07) is 4.04. The molecule has 0 radical (unpaired) electrons. The number of carbonyl (C=O) groups is 1. The summed E-state index contributed by atoms with van der Waals surface area (Å²) in [6.45, 7) is 2.70. The lowest BCUT2D eigenvalue weighted by molar-refractivity contribution is -0.119. The van der Waals surface area contributed by atoms with Crippen LogP contribution >= 0.6 is 12.2 Å². The number of rotatable bonds is 6. The third-order valence-electron chi connectivity index (χ3n) is 2.26. The molecule has 4 N–H and O–H groups in total. The highest BCUT2D eigenvalue weighted by Gasteiger charge is 2.08. The largest absolute Gasteiger partial charge is 0.389 e. The number of anilines is 1. The molecule has 0 saturated carbocycles. The van der Waals surface area contributed by atoms with Gasteiger partial charge in [0.2, 0.25) is 5.91 Å². The third kappa shape index (κ3) is 4.29. The monoisotopic (exact) mass is 269 g/mol. The highest BCUT2D eigenvalue weighted by molar-refractivity contribution is 7.80. The molecule has 4 nitrogen and oxygen atoms in total. The molecule has 0 aliphatic carbocycles. The smallest absolute Gasteiger partial charge is 0.239 e. The van der Waals surface area contributed by atoms with Crippen molar-refractivity contribution in [1.29, 1.82) is 0 Å². The van der Waals surface area contributed by atoms with Gasteiger partial charge in [0.25, 0.3) is 0 Å². The summed E-state index contributed by atoms with van der Waals surface area (Å²) in [5, 5.41) is 5.61. The third-order valence-corrected chi connectivity index (χ3v) is 2.48. The van der Waals surface area contributed by atoms with Crippen LogP contribution in [0.4, 0.5) is 10.1 Å². The van der Waals surface area contributed by atoms with Gasteiger partial charge in [-0.25, -0.2) is 4.39 Å². The quantitative estimate of drug-likeness (QED) is 0.683. The highest BCUT2D eigenvalue weighted by Crippen LogP contribution is 2.16. The van der Waals surface area contributed by atoms with Crippen LogP contribution in [0.15, 0.2) is 18.2 Å². The van der Waals surface area contributed by atoms with Crippen LogP contribution in [0, 0.1) is 5.82 Å². The van der Waals surface area contributed by atoms with Crippen LogP contribution in [0.2, 0.25) is 0 Å². The molecule has 0 fully saturated rings. The second-order valence-corrected chi connectivity index (χ2v) is 4.20. The topological polar surface area (TPSA) is 67.2 Å². The number of thiocarbonyl (C=S) groups is 1. The maximum atomic E-state index is 13.1. The summed E-state index contributed by atoms with van der Waals surface area (Å²) in [7, 11) is 0. The van der Waals surface area contributed by atoms with Crippen molar-refractivity contribution >= 4 is 28.8 Å². The zero-order valence-electron chi connectivity index (χ0n) is 10.1. The maximum Gasteiger partial charge on any atom is 0.239 e. The van der Waals surface area contributed by atoms with Gasteiger partial charge in [0.1, 0.15) is 10.8 Å². The summed E-state index contributed by atoms with van der Waals surface area (Å²) < 4.78 is 13.1. The Morgan fingerprint density at radius 1 is 1.50 bits per heavy atom. The van der Waals surface area contributed by atoms with Gasteiger partial charge in [-0.1, -0.05) is 19.1 Å². The van der Waals surface area contributed by atoms with Gasteiger partial charge in [-0.2, -0.15) is 0 Å². The predicted molar refractivity (Wildman–Crippen MR) is 74.1 cm³/mol. The van der Waals surface area contributed by atoms with Crippen molar-refractivity contribution in [2.75, 3.05) is 18.4 Å². The minimum absolute atomic E-state index is 0.0889. The Labute approximate surface area is 111 Å². The fourth-order valence-electron chi connectivity index (χ4n) is 1.38. The highest BCUT2D eigenvalue weighted by atomic mass is 32.1. The molecular formula is C12H16FN3OS. The average Bonchev–Trinajstić information content (AvgIpc) is 2.34. The van der Waals surface area contributed by atoms with Crippen LogP contribution in [-0.2, 0) is 4.79 Å². The van der Waals surface area contributed by atoms with Gasteiger partial charge in [0, 0.05) is 17.8 Å². The lowest BCUT2D eigenvalue weighted by Gasteiger charge is -2.11. The van der Waals surface area contributed by atoms with Gasteiger partial charge in [-0.3, -0.25) is 4.79 Å². The van der Waals surface area contributed by atoms with E-state index >= 15 is 0 Å². The van der Waals surface area contributed by atoms with Crippen LogP contribution in [0.25, 0.3) is 0 Å². The van der Waals surface area contributed by atoms with Gasteiger partial charge >= 0.3 is 0 Å². The summed E-state index contributed by atoms with van der Waals surface area (Å²) in [6.07, 6.45) is 0.875. The van der Waals surface area contributed by atoms with E-state index in [-0.39, 0.29) is 17.4 Å². The van der Waals surface area contributed by atoms with Crippen molar-refractivity contribution in [2.24, 2.45) is 5.73 Å². The molecule has 0 aromatic heterocycles. The summed E-state index contributed by atoms with van der Waals surface area (Å²) in [4.78, 5) is 11.5. The first kappa shape index (κ1) is 14.4. The first-order valence-corrected chi connectivity index (χ1v) is 6.05. The molecule has 0 heterocycles. The van der Waals surface area contributed by atoms with Crippen molar-refractivity contribution in [1.82, 2.24) is 5.32 Å². The molecule has 0 aliphatic rings. The molecule has 1 rings (SSSR count). The van der Waals surface area contributed by atoms with E-state index in [1.54, 1.807) is 0 Å². The zero-order valence-corrected chi connectivity index (χ0v) is 10.9. The molecule has 0 saturated heterocycles. The first-order chi connectivity index (χ1) is 8.54. The normalized spacial score (nSPS) is 9.89. The van der Waals surface area contributed by atoms with Gasteiger partial charge < -0.3 is 16.4 Å². The molecule has 0 aliphatic heterocycles. The summed E-state index contributed by atoms with van der Waals surface area (Å²) >= 11 is 4.83. The second kappa shape index (κ2) is 6.90. The van der Waals surface area contributed by atoms with E-state index in [0.717, 1.165) is 6.42 Å². The van der Waals surface area contributed by atoms with Gasteiger partial charge in [-0.05, 0) is 24.6 Å². The standard InChI is InChI=1S/C12H16FN3OS/c1-2-5-15-11(17)7-16-10-4-3-8(13)6-9(10)12(14)18/h3-4,6,16H,2,5,7H2,1H3,(H2,14,18)(H,15,17). The lowest BCUT2D eigenvalue weighted by Crippen LogP contribution is -2.30. The molecule has 6 heteroatoms. The Morgan fingerprint density at radius 3 is 2.83 bits per heavy atom. The Morgan fingerprint density at radius 2 is 2.22 bits per heavy atom. The molecule has 1 aromatic rings. The van der Waals surface area contributed by atoms with Crippen LogP contribution in [0.5, 0.6) is 0 Å². The van der Waals surface area contributed by atoms with Crippen LogP contribution in [-0.4, -0.2) is 24.0 Å². The van der Waals surface area contributed by atoms with E-state index in [9.17, 15) is 9.18 Å². The van der Waals surface area contributed by atoms with Crippen LogP contribution < -0.4 is 16.4 Å². The fourth-order valence-corrected chi connectivity index (χ4v) is 1.55. The number of benzene rings is 1. The number of amides is 1. The number of hydrogen-bond donors (Lipinski definition) is 3. The van der Waals surface area contributed by atoms with Crippen LogP contribution in [0.1, 0.15) is 18.9 Å². The zero-order chi connectivity index (χ0) is 13.5. The van der Waals surface area contributed by atoms with E-state index < -0.39 is 5.82 Å². The van der Waals surface area contributed by atoms with Gasteiger partial charge in [-0.15, -0.1) is 0 Å². The summed E-state index contributed by atoms with van der Waals surface area (Å²) in [5.41, 5.74) is 6.44. The molecule has 0 atom stereocenters. The van der Waals surface area contributed by atoms with E-state index in [1.165, 1.54) is 18.2 Å². The molecule has 0 bridgehead atoms. The molecule has 0 unspecified atom stereocenters. The second-order valence-electron chi connectivity index (χ2n) is 3.76. The van der Waals surface area contributed by atoms with Crippen molar-refractivity contribution in [3.63, 3.8) is 0 Å². The molecular weight excluding hydrogens is 253 g/mol. The predicted octanol–water partition coefficient (Wildman–Crippen LogP) is 1.40. The van der Waals surface area contributed by atoms with E-state index in [2.05, 4.69) is 10.6 Å². The Balaban J connectivity index is 2.67. The Bertz CT molecular complexity index is 451. The fraction of sp³-hybridized carbons (Fsp3) is 0.333. The molecule has 1 amide bonds. The van der Waals surface area contributed by atoms with Gasteiger partial charge in [0.15, 0.2) is 0 Å². The molecule has 18 heavy (non-hydrogen) atoms. The molecule has 98 valence electrons. The summed E-state index contributed by atoms with van der Waals surface area (Å²) in [5.74, 6) is -0.547. The SMILES string of the molecule is CCCNC(=O)CNc1ccc(F)cc1C(N)=S. The van der Waals surface area contributed by atoms with Crippen molar-refractivity contribution in [3.8, 4) is 0 Å². The number of carbonyl (C=O) groups excluding carboxylic acids is 1. The van der Waals surface area contributed by atoms with Crippen molar-refractivity contribution in [3.05, 3.63) is 29.6 Å². The number of nitrogens with two attached hydrogens (primary N) is 1. The Hall–Kier alpha value is -1.69.